The van der Waals surface area contributed by atoms with Crippen molar-refractivity contribution in [2.24, 2.45) is 0 Å². The Kier molecular flexibility index (Phi) is 4.88. The van der Waals surface area contributed by atoms with Gasteiger partial charge in [0.25, 0.3) is 0 Å². The van der Waals surface area contributed by atoms with Gasteiger partial charge in [0.15, 0.2) is 5.43 Å². The summed E-state index contributed by atoms with van der Waals surface area (Å²) in [5, 5.41) is 10.2. The highest BCUT2D eigenvalue weighted by Crippen LogP contribution is 2.43. The summed E-state index contributed by atoms with van der Waals surface area (Å²) in [6.45, 7) is 0.889. The minimum Gasteiger partial charge on any atom is -0.496 e. The van der Waals surface area contributed by atoms with Crippen molar-refractivity contribution in [3.8, 4) is 11.5 Å². The maximum Gasteiger partial charge on any atom is 0.241 e. The Labute approximate surface area is 148 Å². The van der Waals surface area contributed by atoms with Crippen LogP contribution in [0.1, 0.15) is 17.9 Å². The molecule has 126 valence electrons. The molecule has 1 aromatic carbocycles. The van der Waals surface area contributed by atoms with E-state index in [-0.39, 0.29) is 24.0 Å². The lowest BCUT2D eigenvalue weighted by Gasteiger charge is -2.25. The minimum atomic E-state index is -0.158. The van der Waals surface area contributed by atoms with E-state index in [0.29, 0.717) is 27.1 Å². The molecule has 1 unspecified atom stereocenters. The highest BCUT2D eigenvalue weighted by Gasteiger charge is 2.36. The first-order valence-corrected chi connectivity index (χ1v) is 8.38. The molecular weight excluding hydrogens is 325 g/mol. The van der Waals surface area contributed by atoms with Crippen molar-refractivity contribution in [1.82, 2.24) is 4.90 Å². The monoisotopic (exact) mass is 345 g/mol. The molecule has 0 saturated carbocycles. The summed E-state index contributed by atoms with van der Waals surface area (Å²) in [5.41, 5.74) is 1.13. The Hall–Kier alpha value is -1.52. The number of likely N-dealkylation sites (tertiary alicyclic amines) is 1. The number of fused-ring (bicyclic) bond motifs is 1. The van der Waals surface area contributed by atoms with Gasteiger partial charge in [0.1, 0.15) is 22.5 Å². The molecule has 2 radical (unpaired) electrons. The van der Waals surface area contributed by atoms with E-state index in [1.165, 1.54) is 13.2 Å². The van der Waals surface area contributed by atoms with Crippen LogP contribution in [0, 0.1) is 0 Å². The van der Waals surface area contributed by atoms with Crippen LogP contribution in [0.5, 0.6) is 11.5 Å². The fourth-order valence-corrected chi connectivity index (χ4v) is 3.88. The van der Waals surface area contributed by atoms with Crippen LogP contribution in [-0.2, 0) is 0 Å². The second-order valence-electron chi connectivity index (χ2n) is 6.04. The average molecular weight is 345 g/mol. The zero-order valence-corrected chi connectivity index (χ0v) is 15.2. The highest BCUT2D eigenvalue weighted by molar-refractivity contribution is 6.30. The first-order chi connectivity index (χ1) is 11.5. The van der Waals surface area contributed by atoms with Crippen molar-refractivity contribution in [3.05, 3.63) is 27.9 Å². The second-order valence-corrected chi connectivity index (χ2v) is 6.61. The summed E-state index contributed by atoms with van der Waals surface area (Å²) in [7, 11) is 5.08. The predicted molar refractivity (Wildman–Crippen MR) is 91.8 cm³/mol. The SMILES string of the molecule is COc1cc(OC)c2c(=O)c[c]([Al])oc2c1C1CCN(C)[C@H]1CO. The van der Waals surface area contributed by atoms with Gasteiger partial charge in [0, 0.05) is 29.7 Å². The molecular formula is C17H20AlNO5. The zero-order valence-electron chi connectivity index (χ0n) is 14.0. The molecule has 0 spiro atoms. The van der Waals surface area contributed by atoms with E-state index < -0.39 is 0 Å². The molecule has 1 aliphatic heterocycles. The molecule has 2 atom stereocenters. The molecule has 1 saturated heterocycles. The van der Waals surface area contributed by atoms with Gasteiger partial charge in [0.05, 0.1) is 20.8 Å². The summed E-state index contributed by atoms with van der Waals surface area (Å²) in [5.74, 6) is 1.05. The van der Waals surface area contributed by atoms with E-state index in [1.807, 2.05) is 7.05 Å². The number of aliphatic hydroxyl groups excluding tert-OH is 1. The summed E-state index contributed by atoms with van der Waals surface area (Å²) < 4.78 is 17.3. The van der Waals surface area contributed by atoms with Crippen LogP contribution in [0.4, 0.5) is 0 Å². The third kappa shape index (κ3) is 2.72. The Morgan fingerprint density at radius 1 is 1.33 bits per heavy atom. The molecule has 1 fully saturated rings. The number of methoxy groups -OCH3 is 2. The van der Waals surface area contributed by atoms with Crippen molar-refractivity contribution in [1.29, 1.82) is 0 Å². The summed E-state index contributed by atoms with van der Waals surface area (Å²) in [4.78, 5) is 14.6. The van der Waals surface area contributed by atoms with E-state index >= 15 is 0 Å². The van der Waals surface area contributed by atoms with Crippen LogP contribution in [0.15, 0.2) is 21.3 Å². The fraction of sp³-hybridized carbons (Fsp3) is 0.471. The second kappa shape index (κ2) is 6.77. The van der Waals surface area contributed by atoms with Crippen molar-refractivity contribution in [3.63, 3.8) is 0 Å². The molecule has 1 aromatic heterocycles. The first-order valence-electron chi connectivity index (χ1n) is 7.81. The molecule has 0 amide bonds. The normalized spacial score (nSPS) is 21.3. The van der Waals surface area contributed by atoms with Crippen LogP contribution in [0.3, 0.4) is 0 Å². The van der Waals surface area contributed by atoms with E-state index in [1.54, 1.807) is 13.2 Å². The van der Waals surface area contributed by atoms with Gasteiger partial charge in [-0.25, -0.2) is 0 Å². The van der Waals surface area contributed by atoms with Gasteiger partial charge in [-0.15, -0.1) is 0 Å². The predicted octanol–water partition coefficient (Wildman–Crippen LogP) is 0.384. The number of benzene rings is 1. The smallest absolute Gasteiger partial charge is 0.241 e. The molecule has 1 aliphatic rings. The Balaban J connectivity index is 2.36. The number of nitrogens with zero attached hydrogens (tertiary/aromatic N) is 1. The molecule has 6 nitrogen and oxygen atoms in total. The molecule has 24 heavy (non-hydrogen) atoms. The Morgan fingerprint density at radius 2 is 2.04 bits per heavy atom. The van der Waals surface area contributed by atoms with Gasteiger partial charge in [0.2, 0.25) is 16.3 Å². The summed E-state index contributed by atoms with van der Waals surface area (Å²) in [6, 6.07) is 3.11. The lowest BCUT2D eigenvalue weighted by molar-refractivity contribution is 0.171. The van der Waals surface area contributed by atoms with Crippen molar-refractivity contribution >= 4 is 31.9 Å². The molecule has 0 bridgehead atoms. The molecule has 1 N–H and O–H groups in total. The van der Waals surface area contributed by atoms with E-state index in [9.17, 15) is 9.90 Å². The number of likely N-dealkylation sites (N-methyl/N-ethyl adjacent to an activating group) is 1. The topological polar surface area (TPSA) is 72.1 Å². The number of hydrogen-bond acceptors (Lipinski definition) is 6. The van der Waals surface area contributed by atoms with Gasteiger partial charge >= 0.3 is 0 Å². The van der Waals surface area contributed by atoms with Gasteiger partial charge < -0.3 is 23.9 Å². The summed E-state index contributed by atoms with van der Waals surface area (Å²) in [6.07, 6.45) is 0.851. The number of hydrogen-bond donors (Lipinski definition) is 1. The molecule has 7 heteroatoms. The molecule has 2 heterocycles. The van der Waals surface area contributed by atoms with Gasteiger partial charge in [-0.05, 0) is 24.6 Å². The minimum absolute atomic E-state index is 0.0123. The largest absolute Gasteiger partial charge is 0.496 e. The summed E-state index contributed by atoms with van der Waals surface area (Å²) >= 11 is 2.42. The molecule has 3 rings (SSSR count). The van der Waals surface area contributed by atoms with Crippen LogP contribution in [0.2, 0.25) is 0 Å². The Morgan fingerprint density at radius 3 is 2.67 bits per heavy atom. The maximum absolute atomic E-state index is 12.5. The third-order valence-electron chi connectivity index (χ3n) is 4.81. The first kappa shape index (κ1) is 17.3. The van der Waals surface area contributed by atoms with E-state index in [0.717, 1.165) is 18.5 Å². The number of aliphatic hydroxyl groups is 1. The average Bonchev–Trinajstić information content (AvgIpc) is 2.93. The van der Waals surface area contributed by atoms with Gasteiger partial charge in [-0.1, -0.05) is 0 Å². The van der Waals surface area contributed by atoms with Crippen molar-refractivity contribution in [2.75, 3.05) is 34.4 Å². The standard InChI is InChI=1S/C17H20NO5.Al/c1-18-6-4-10(11(18)9-19)15-13(21-2)8-14(22-3)16-12(20)5-7-23-17(15)16;/h5,8,10-11,19H,4,6,9H2,1-3H3;/t10?,11-;/m0./s1. The number of rotatable bonds is 4. The lowest BCUT2D eigenvalue weighted by atomic mass is 9.89. The number of ether oxygens (including phenoxy) is 2. The molecule has 0 aliphatic carbocycles. The van der Waals surface area contributed by atoms with Gasteiger partial charge in [-0.3, -0.25) is 4.79 Å². The van der Waals surface area contributed by atoms with Crippen LogP contribution in [-0.4, -0.2) is 66.8 Å². The zero-order chi connectivity index (χ0) is 17.4. The van der Waals surface area contributed by atoms with E-state index in [4.69, 9.17) is 13.9 Å². The Bertz CT molecular complexity index is 819. The van der Waals surface area contributed by atoms with Crippen molar-refractivity contribution in [2.45, 2.75) is 18.4 Å². The van der Waals surface area contributed by atoms with E-state index in [2.05, 4.69) is 21.2 Å². The van der Waals surface area contributed by atoms with Gasteiger partial charge in [-0.2, -0.15) is 0 Å². The van der Waals surface area contributed by atoms with Crippen molar-refractivity contribution < 1.29 is 19.0 Å². The quantitative estimate of drug-likeness (QED) is 0.808. The lowest BCUT2D eigenvalue weighted by Crippen LogP contribution is -2.32. The fourth-order valence-electron chi connectivity index (χ4n) is 3.61. The van der Waals surface area contributed by atoms with Crippen LogP contribution < -0.4 is 19.5 Å². The molecule has 2 aromatic rings. The van der Waals surface area contributed by atoms with Crippen LogP contribution >= 0.6 is 0 Å². The van der Waals surface area contributed by atoms with Crippen LogP contribution in [0.25, 0.3) is 11.0 Å². The highest BCUT2D eigenvalue weighted by atomic mass is 27.0. The third-order valence-corrected chi connectivity index (χ3v) is 5.09. The maximum atomic E-state index is 12.5.